The van der Waals surface area contributed by atoms with Gasteiger partial charge in [0.25, 0.3) is 5.91 Å². The largest absolute Gasteiger partial charge is 0.479 e. The van der Waals surface area contributed by atoms with Crippen LogP contribution in [0.3, 0.4) is 0 Å². The molecule has 1 fully saturated rings. The van der Waals surface area contributed by atoms with Crippen molar-refractivity contribution in [2.75, 3.05) is 11.4 Å². The zero-order valence-electron chi connectivity index (χ0n) is 8.46. The predicted molar refractivity (Wildman–Crippen MR) is 56.0 cm³/mol. The van der Waals surface area contributed by atoms with Gasteiger partial charge in [-0.1, -0.05) is 18.2 Å². The van der Waals surface area contributed by atoms with E-state index < -0.39 is 17.5 Å². The van der Waals surface area contributed by atoms with Crippen LogP contribution in [0.5, 0.6) is 0 Å². The van der Waals surface area contributed by atoms with Crippen molar-refractivity contribution in [3.63, 3.8) is 0 Å². The Balaban J connectivity index is 2.30. The molecule has 0 aromatic heterocycles. The van der Waals surface area contributed by atoms with Gasteiger partial charge in [-0.2, -0.15) is 0 Å². The number of rotatable bonds is 2. The summed E-state index contributed by atoms with van der Waals surface area (Å²) in [5, 5.41) is 18.5. The van der Waals surface area contributed by atoms with Crippen LogP contribution >= 0.6 is 0 Å². The molecule has 1 aromatic rings. The third-order valence-electron chi connectivity index (χ3n) is 2.72. The van der Waals surface area contributed by atoms with Crippen molar-refractivity contribution in [3.05, 3.63) is 30.3 Å². The third-order valence-corrected chi connectivity index (χ3v) is 2.72. The van der Waals surface area contributed by atoms with E-state index in [9.17, 15) is 14.7 Å². The lowest BCUT2D eigenvalue weighted by molar-refractivity contribution is -0.162. The van der Waals surface area contributed by atoms with Crippen LogP contribution in [-0.2, 0) is 9.59 Å². The Labute approximate surface area is 91.9 Å². The molecule has 1 heterocycles. The molecule has 2 rings (SSSR count). The zero-order chi connectivity index (χ0) is 11.8. The second-order valence-corrected chi connectivity index (χ2v) is 3.71. The number of benzene rings is 1. The van der Waals surface area contributed by atoms with E-state index in [0.29, 0.717) is 5.69 Å². The molecule has 0 bridgehead atoms. The maximum Gasteiger partial charge on any atom is 0.345 e. The van der Waals surface area contributed by atoms with Crippen molar-refractivity contribution < 1.29 is 19.8 Å². The SMILES string of the molecule is O=C(O)[C@@]1(O)CCN(c2ccccc2)C1=O. The lowest BCUT2D eigenvalue weighted by Crippen LogP contribution is -2.46. The molecule has 0 saturated carbocycles. The van der Waals surface area contributed by atoms with Gasteiger partial charge in [0, 0.05) is 18.7 Å². The van der Waals surface area contributed by atoms with Crippen molar-refractivity contribution in [2.24, 2.45) is 0 Å². The molecule has 1 aromatic carbocycles. The van der Waals surface area contributed by atoms with Gasteiger partial charge >= 0.3 is 5.97 Å². The first-order valence-corrected chi connectivity index (χ1v) is 4.88. The number of hydrogen-bond donors (Lipinski definition) is 2. The van der Waals surface area contributed by atoms with E-state index in [1.54, 1.807) is 30.3 Å². The first-order valence-electron chi connectivity index (χ1n) is 4.88. The Morgan fingerprint density at radius 2 is 1.94 bits per heavy atom. The maximum atomic E-state index is 11.8. The normalized spacial score (nSPS) is 24.8. The summed E-state index contributed by atoms with van der Waals surface area (Å²) in [5.74, 6) is -2.26. The minimum absolute atomic E-state index is 0.0872. The molecule has 2 N–H and O–H groups in total. The predicted octanol–water partition coefficient (Wildman–Crippen LogP) is 0.239. The molecule has 0 radical (unpaired) electrons. The number of aliphatic carboxylic acids is 1. The molecule has 84 valence electrons. The van der Waals surface area contributed by atoms with Gasteiger partial charge in [-0.15, -0.1) is 0 Å². The molecular formula is C11H11NO4. The number of anilines is 1. The molecule has 5 nitrogen and oxygen atoms in total. The molecule has 1 saturated heterocycles. The van der Waals surface area contributed by atoms with Crippen LogP contribution in [0.4, 0.5) is 5.69 Å². The van der Waals surface area contributed by atoms with E-state index in [-0.39, 0.29) is 13.0 Å². The summed E-state index contributed by atoms with van der Waals surface area (Å²) in [6, 6.07) is 8.70. The van der Waals surface area contributed by atoms with Gasteiger partial charge in [-0.25, -0.2) is 4.79 Å². The molecule has 1 atom stereocenters. The standard InChI is InChI=1S/C11H11NO4/c13-9-11(16,10(14)15)6-7-12(9)8-4-2-1-3-5-8/h1-5,16H,6-7H2,(H,14,15)/t11-/m1/s1. The summed E-state index contributed by atoms with van der Waals surface area (Å²) < 4.78 is 0. The van der Waals surface area contributed by atoms with Crippen LogP contribution in [0.1, 0.15) is 6.42 Å². The molecule has 0 unspecified atom stereocenters. The van der Waals surface area contributed by atoms with Gasteiger partial charge in [0.1, 0.15) is 0 Å². The number of amides is 1. The minimum atomic E-state index is -2.27. The average Bonchev–Trinajstić information content (AvgIpc) is 2.59. The first-order chi connectivity index (χ1) is 7.55. The van der Waals surface area contributed by atoms with Crippen molar-refractivity contribution in [2.45, 2.75) is 12.0 Å². The molecule has 1 aliphatic rings. The minimum Gasteiger partial charge on any atom is -0.479 e. The van der Waals surface area contributed by atoms with Crippen molar-refractivity contribution in [1.29, 1.82) is 0 Å². The number of hydrogen-bond acceptors (Lipinski definition) is 3. The molecule has 1 aliphatic heterocycles. The van der Waals surface area contributed by atoms with Gasteiger partial charge in [-0.05, 0) is 12.1 Å². The third kappa shape index (κ3) is 1.45. The Bertz CT molecular complexity index is 431. The van der Waals surface area contributed by atoms with Crippen molar-refractivity contribution in [3.8, 4) is 0 Å². The average molecular weight is 221 g/mol. The lowest BCUT2D eigenvalue weighted by Gasteiger charge is -2.18. The zero-order valence-corrected chi connectivity index (χ0v) is 8.46. The Morgan fingerprint density at radius 3 is 2.44 bits per heavy atom. The summed E-state index contributed by atoms with van der Waals surface area (Å²) in [6.07, 6.45) is -0.0872. The fourth-order valence-corrected chi connectivity index (χ4v) is 1.76. The van der Waals surface area contributed by atoms with Crippen LogP contribution < -0.4 is 4.90 Å². The molecule has 0 aliphatic carbocycles. The van der Waals surface area contributed by atoms with E-state index in [4.69, 9.17) is 5.11 Å². The van der Waals surface area contributed by atoms with Gasteiger partial charge in [0.2, 0.25) is 5.60 Å². The Morgan fingerprint density at radius 1 is 1.31 bits per heavy atom. The van der Waals surface area contributed by atoms with Crippen molar-refractivity contribution in [1.82, 2.24) is 0 Å². The number of nitrogens with zero attached hydrogens (tertiary/aromatic N) is 1. The summed E-state index contributed by atoms with van der Waals surface area (Å²) >= 11 is 0. The van der Waals surface area contributed by atoms with Gasteiger partial charge < -0.3 is 15.1 Å². The number of para-hydroxylation sites is 1. The Hall–Kier alpha value is -1.88. The summed E-state index contributed by atoms with van der Waals surface area (Å²) in [4.78, 5) is 23.9. The summed E-state index contributed by atoms with van der Waals surface area (Å²) in [5.41, 5.74) is -1.67. The second kappa shape index (κ2) is 3.61. The highest BCUT2D eigenvalue weighted by atomic mass is 16.4. The lowest BCUT2D eigenvalue weighted by atomic mass is 10.0. The summed E-state index contributed by atoms with van der Waals surface area (Å²) in [7, 11) is 0. The van der Waals surface area contributed by atoms with E-state index in [1.807, 2.05) is 0 Å². The Kier molecular flexibility index (Phi) is 2.40. The van der Waals surface area contributed by atoms with Gasteiger partial charge in [-0.3, -0.25) is 4.79 Å². The highest BCUT2D eigenvalue weighted by Gasteiger charge is 2.52. The first kappa shape index (κ1) is 10.6. The summed E-state index contributed by atoms with van der Waals surface area (Å²) in [6.45, 7) is 0.214. The molecule has 1 amide bonds. The number of aliphatic hydroxyl groups is 1. The van der Waals surface area contributed by atoms with E-state index >= 15 is 0 Å². The number of carboxylic acid groups (broad SMARTS) is 1. The number of carboxylic acids is 1. The van der Waals surface area contributed by atoms with Crippen molar-refractivity contribution >= 4 is 17.6 Å². The van der Waals surface area contributed by atoms with Gasteiger partial charge in [0.15, 0.2) is 0 Å². The monoisotopic (exact) mass is 221 g/mol. The van der Waals surface area contributed by atoms with Crippen LogP contribution in [0, 0.1) is 0 Å². The number of carbonyl (C=O) groups is 2. The number of carbonyl (C=O) groups excluding carboxylic acids is 1. The fraction of sp³-hybridized carbons (Fsp3) is 0.273. The van der Waals surface area contributed by atoms with E-state index in [2.05, 4.69) is 0 Å². The van der Waals surface area contributed by atoms with Crippen LogP contribution in [0.25, 0.3) is 0 Å². The van der Waals surface area contributed by atoms with Crippen LogP contribution in [0.15, 0.2) is 30.3 Å². The van der Waals surface area contributed by atoms with Crippen LogP contribution in [-0.4, -0.2) is 34.2 Å². The van der Waals surface area contributed by atoms with Crippen LogP contribution in [0.2, 0.25) is 0 Å². The van der Waals surface area contributed by atoms with E-state index in [1.165, 1.54) is 4.90 Å². The molecule has 16 heavy (non-hydrogen) atoms. The quantitative estimate of drug-likeness (QED) is 0.701. The highest BCUT2D eigenvalue weighted by molar-refractivity contribution is 6.14. The van der Waals surface area contributed by atoms with Gasteiger partial charge in [0.05, 0.1) is 0 Å². The molecule has 0 spiro atoms. The highest BCUT2D eigenvalue weighted by Crippen LogP contribution is 2.28. The molecule has 5 heteroatoms. The smallest absolute Gasteiger partial charge is 0.345 e. The fourth-order valence-electron chi connectivity index (χ4n) is 1.76. The second-order valence-electron chi connectivity index (χ2n) is 3.71. The van der Waals surface area contributed by atoms with E-state index in [0.717, 1.165) is 0 Å². The maximum absolute atomic E-state index is 11.8. The topological polar surface area (TPSA) is 77.8 Å². The molecular weight excluding hydrogens is 210 g/mol.